The normalized spacial score (nSPS) is 10.4. The largest absolute Gasteiger partial charge is 0.217 e. The summed E-state index contributed by atoms with van der Waals surface area (Å²) in [4.78, 5) is 0. The lowest BCUT2D eigenvalue weighted by Gasteiger charge is -2.05. The molecule has 0 bridgehead atoms. The maximum absolute atomic E-state index is 13.5. The summed E-state index contributed by atoms with van der Waals surface area (Å²) in [5.41, 5.74) is -0.0315. The molecule has 0 N–H and O–H groups in total. The fourth-order valence-corrected chi connectivity index (χ4v) is 1.77. The quantitative estimate of drug-likeness (QED) is 0.748. The number of benzene rings is 1. The molecule has 0 amide bonds. The van der Waals surface area contributed by atoms with Crippen LogP contribution in [0.4, 0.5) is 13.2 Å². The van der Waals surface area contributed by atoms with E-state index >= 15 is 0 Å². The Morgan fingerprint density at radius 2 is 1.83 bits per heavy atom. The van der Waals surface area contributed by atoms with Crippen LogP contribution in [0.1, 0.15) is 11.3 Å². The van der Waals surface area contributed by atoms with Crippen molar-refractivity contribution in [3.63, 3.8) is 0 Å². The molecule has 0 aliphatic rings. The zero-order valence-electron chi connectivity index (χ0n) is 9.01. The van der Waals surface area contributed by atoms with Crippen molar-refractivity contribution < 1.29 is 13.2 Å². The van der Waals surface area contributed by atoms with Gasteiger partial charge in [0, 0.05) is 12.1 Å². The van der Waals surface area contributed by atoms with Crippen LogP contribution in [0.5, 0.6) is 0 Å². The minimum Gasteiger partial charge on any atom is -0.217 e. The minimum atomic E-state index is -1.31. The van der Waals surface area contributed by atoms with Crippen LogP contribution in [-0.2, 0) is 0 Å². The standard InChI is InChI=1S/C11H5ClF3N3/c1-5-6(4-16)11(12)18(17-5)10-3-8(14)7(13)2-9(10)15/h2-3H,1H3. The Bertz CT molecular complexity index is 673. The number of hydrogen-bond acceptors (Lipinski definition) is 2. The zero-order chi connectivity index (χ0) is 13.4. The van der Waals surface area contributed by atoms with Crippen molar-refractivity contribution >= 4 is 11.6 Å². The first-order valence-corrected chi connectivity index (χ1v) is 5.13. The summed E-state index contributed by atoms with van der Waals surface area (Å²) < 4.78 is 40.3. The number of nitrogens with zero attached hydrogens (tertiary/aromatic N) is 3. The third-order valence-corrected chi connectivity index (χ3v) is 2.68. The summed E-state index contributed by atoms with van der Waals surface area (Å²) >= 11 is 5.82. The van der Waals surface area contributed by atoms with Gasteiger partial charge in [0.25, 0.3) is 0 Å². The van der Waals surface area contributed by atoms with Crippen molar-refractivity contribution in [1.29, 1.82) is 5.26 Å². The summed E-state index contributed by atoms with van der Waals surface area (Å²) in [6.07, 6.45) is 0. The lowest BCUT2D eigenvalue weighted by Crippen LogP contribution is -2.02. The smallest absolute Gasteiger partial charge is 0.161 e. The minimum absolute atomic E-state index is 0.0563. The third kappa shape index (κ3) is 1.83. The SMILES string of the molecule is Cc1nn(-c2cc(F)c(F)cc2F)c(Cl)c1C#N. The number of rotatable bonds is 1. The molecule has 2 rings (SSSR count). The monoisotopic (exact) mass is 271 g/mol. The second-order valence-electron chi connectivity index (χ2n) is 3.49. The third-order valence-electron chi connectivity index (χ3n) is 2.33. The Morgan fingerprint density at radius 3 is 2.39 bits per heavy atom. The molecule has 1 heterocycles. The predicted octanol–water partition coefficient (Wildman–Crippen LogP) is 3.12. The molecule has 0 fully saturated rings. The Hall–Kier alpha value is -2.00. The van der Waals surface area contributed by atoms with E-state index in [1.54, 1.807) is 6.07 Å². The van der Waals surface area contributed by atoms with Gasteiger partial charge in [0.1, 0.15) is 17.3 Å². The van der Waals surface area contributed by atoms with Gasteiger partial charge in [-0.2, -0.15) is 10.4 Å². The molecule has 0 radical (unpaired) electrons. The van der Waals surface area contributed by atoms with E-state index in [9.17, 15) is 13.2 Å². The van der Waals surface area contributed by atoms with E-state index in [4.69, 9.17) is 16.9 Å². The molecular formula is C11H5ClF3N3. The molecule has 0 aliphatic carbocycles. The van der Waals surface area contributed by atoms with Crippen molar-refractivity contribution in [1.82, 2.24) is 9.78 Å². The fraction of sp³-hybridized carbons (Fsp3) is 0.0909. The van der Waals surface area contributed by atoms with Gasteiger partial charge in [-0.05, 0) is 6.92 Å². The summed E-state index contributed by atoms with van der Waals surface area (Å²) in [7, 11) is 0. The van der Waals surface area contributed by atoms with E-state index in [2.05, 4.69) is 5.10 Å². The van der Waals surface area contributed by atoms with E-state index in [-0.39, 0.29) is 22.1 Å². The molecule has 3 nitrogen and oxygen atoms in total. The summed E-state index contributed by atoms with van der Waals surface area (Å²) in [5.74, 6) is -3.56. The first-order chi connectivity index (χ1) is 8.45. The van der Waals surface area contributed by atoms with Crippen molar-refractivity contribution in [2.24, 2.45) is 0 Å². The Labute approximate surface area is 105 Å². The molecule has 7 heteroatoms. The second-order valence-corrected chi connectivity index (χ2v) is 3.85. The van der Waals surface area contributed by atoms with Gasteiger partial charge in [0.2, 0.25) is 0 Å². The van der Waals surface area contributed by atoms with Crippen LogP contribution in [0.25, 0.3) is 5.69 Å². The fourth-order valence-electron chi connectivity index (χ4n) is 1.46. The van der Waals surface area contributed by atoms with Crippen LogP contribution in [0.3, 0.4) is 0 Å². The van der Waals surface area contributed by atoms with Gasteiger partial charge in [0.15, 0.2) is 22.6 Å². The van der Waals surface area contributed by atoms with Gasteiger partial charge in [0.05, 0.1) is 5.69 Å². The highest BCUT2D eigenvalue weighted by molar-refractivity contribution is 6.31. The molecule has 1 aromatic carbocycles. The molecular weight excluding hydrogens is 267 g/mol. The Morgan fingerprint density at radius 1 is 1.22 bits per heavy atom. The van der Waals surface area contributed by atoms with E-state index in [0.29, 0.717) is 12.1 Å². The molecule has 18 heavy (non-hydrogen) atoms. The van der Waals surface area contributed by atoms with Crippen molar-refractivity contribution in [3.8, 4) is 11.8 Å². The van der Waals surface area contributed by atoms with Gasteiger partial charge in [-0.25, -0.2) is 17.9 Å². The van der Waals surface area contributed by atoms with E-state index < -0.39 is 17.5 Å². The molecule has 1 aromatic heterocycles. The average Bonchev–Trinajstić information content (AvgIpc) is 2.59. The highest BCUT2D eigenvalue weighted by Gasteiger charge is 2.18. The number of aryl methyl sites for hydroxylation is 1. The Kier molecular flexibility index (Phi) is 3.01. The van der Waals surface area contributed by atoms with Crippen LogP contribution < -0.4 is 0 Å². The van der Waals surface area contributed by atoms with Crippen molar-refractivity contribution in [2.45, 2.75) is 6.92 Å². The van der Waals surface area contributed by atoms with Crippen LogP contribution >= 0.6 is 11.6 Å². The van der Waals surface area contributed by atoms with E-state index in [1.807, 2.05) is 0 Å². The highest BCUT2D eigenvalue weighted by Crippen LogP contribution is 2.25. The average molecular weight is 272 g/mol. The topological polar surface area (TPSA) is 41.6 Å². The second kappa shape index (κ2) is 4.35. The highest BCUT2D eigenvalue weighted by atomic mass is 35.5. The number of halogens is 4. The van der Waals surface area contributed by atoms with E-state index in [1.165, 1.54) is 6.92 Å². The lowest BCUT2D eigenvalue weighted by molar-refractivity contribution is 0.491. The van der Waals surface area contributed by atoms with Crippen LogP contribution in [0, 0.1) is 35.7 Å². The molecule has 0 saturated carbocycles. The van der Waals surface area contributed by atoms with Gasteiger partial charge in [-0.1, -0.05) is 11.6 Å². The molecule has 2 aromatic rings. The first-order valence-electron chi connectivity index (χ1n) is 4.76. The molecule has 0 spiro atoms. The van der Waals surface area contributed by atoms with Crippen molar-refractivity contribution in [3.05, 3.63) is 46.0 Å². The van der Waals surface area contributed by atoms with Gasteiger partial charge in [-0.3, -0.25) is 0 Å². The number of nitriles is 1. The maximum Gasteiger partial charge on any atom is 0.161 e. The number of hydrogen-bond donors (Lipinski definition) is 0. The zero-order valence-corrected chi connectivity index (χ0v) is 9.76. The lowest BCUT2D eigenvalue weighted by atomic mass is 10.2. The van der Waals surface area contributed by atoms with Gasteiger partial charge >= 0.3 is 0 Å². The molecule has 0 unspecified atom stereocenters. The van der Waals surface area contributed by atoms with Crippen LogP contribution in [-0.4, -0.2) is 9.78 Å². The summed E-state index contributed by atoms with van der Waals surface area (Å²) in [6, 6.07) is 2.82. The first kappa shape index (κ1) is 12.5. The molecule has 92 valence electrons. The molecule has 0 aliphatic heterocycles. The van der Waals surface area contributed by atoms with Gasteiger partial charge in [-0.15, -0.1) is 0 Å². The van der Waals surface area contributed by atoms with Gasteiger partial charge < -0.3 is 0 Å². The predicted molar refractivity (Wildman–Crippen MR) is 57.9 cm³/mol. The summed E-state index contributed by atoms with van der Waals surface area (Å²) in [6.45, 7) is 1.50. The van der Waals surface area contributed by atoms with Crippen LogP contribution in [0.15, 0.2) is 12.1 Å². The van der Waals surface area contributed by atoms with Crippen LogP contribution in [0.2, 0.25) is 5.15 Å². The maximum atomic E-state index is 13.5. The van der Waals surface area contributed by atoms with Crippen molar-refractivity contribution in [2.75, 3.05) is 0 Å². The van der Waals surface area contributed by atoms with E-state index in [0.717, 1.165) is 4.68 Å². The Balaban J connectivity index is 2.71. The number of aromatic nitrogens is 2. The summed E-state index contributed by atoms with van der Waals surface area (Å²) in [5, 5.41) is 12.5. The molecule has 0 atom stereocenters. The molecule has 0 saturated heterocycles.